The van der Waals surface area contributed by atoms with Crippen molar-refractivity contribution in [3.63, 3.8) is 0 Å². The number of esters is 1. The van der Waals surface area contributed by atoms with Gasteiger partial charge in [-0.15, -0.1) is 0 Å². The maximum Gasteiger partial charge on any atom is 0.328 e. The molecule has 0 saturated carbocycles. The van der Waals surface area contributed by atoms with Crippen LogP contribution in [0.1, 0.15) is 48.8 Å². The van der Waals surface area contributed by atoms with E-state index in [1.54, 1.807) is 0 Å². The first kappa shape index (κ1) is 35.7. The van der Waals surface area contributed by atoms with Gasteiger partial charge in [-0.2, -0.15) is 0 Å². The molecule has 2 amide bonds. The normalized spacial score (nSPS) is 12.8. The van der Waals surface area contributed by atoms with E-state index in [-0.39, 0.29) is 30.6 Å². The number of benzene rings is 4. The molecule has 4 aromatic rings. The van der Waals surface area contributed by atoms with Gasteiger partial charge in [0.25, 0.3) is 0 Å². The van der Waals surface area contributed by atoms with Crippen LogP contribution in [0.4, 0.5) is 0 Å². The van der Waals surface area contributed by atoms with Gasteiger partial charge >= 0.3 is 5.97 Å². The molecular weight excluding hydrogens is 602 g/mol. The maximum absolute atomic E-state index is 13.9. The van der Waals surface area contributed by atoms with Gasteiger partial charge in [0.05, 0.1) is 7.11 Å². The van der Waals surface area contributed by atoms with Crippen LogP contribution in [0.5, 0.6) is 0 Å². The smallest absolute Gasteiger partial charge is 0.328 e. The standard InChI is InChI=1S/C39H47N5O4/c1-48-38(47)35(27-30-22-23-31-18-10-11-19-32(31)26-30)44-37(46)34(21-12-24-42-39(40)41)43-36(45)33(25-29-16-6-3-7-17-29)20-9-8-15-28-13-4-2-5-14-28/h2-7,10-11,13-14,16-19,22-23,26,33-35H,8-9,12,15,20-21,24-25,27H2,1H3,(H,43,45)(H,44,46)(H4,40,41,42)/t33-,34+,35?/m0/s1. The number of nitrogens with one attached hydrogen (secondary N) is 2. The van der Waals surface area contributed by atoms with Crippen molar-refractivity contribution in [3.05, 3.63) is 120 Å². The number of carbonyl (C=O) groups excluding carboxylic acids is 3. The molecule has 0 aliphatic carbocycles. The second kappa shape index (κ2) is 18.8. The third-order valence-corrected chi connectivity index (χ3v) is 8.44. The quantitative estimate of drug-likeness (QED) is 0.0524. The number of carbonyl (C=O) groups is 3. The van der Waals surface area contributed by atoms with Gasteiger partial charge in [-0.3, -0.25) is 14.6 Å². The number of unbranched alkanes of at least 4 members (excludes halogenated alkanes) is 1. The third kappa shape index (κ3) is 11.6. The highest BCUT2D eigenvalue weighted by molar-refractivity contribution is 5.91. The highest BCUT2D eigenvalue weighted by atomic mass is 16.5. The number of aryl methyl sites for hydroxylation is 1. The molecule has 0 aliphatic heterocycles. The minimum atomic E-state index is -0.945. The second-order valence-corrected chi connectivity index (χ2v) is 12.1. The van der Waals surface area contributed by atoms with Gasteiger partial charge in [0, 0.05) is 18.9 Å². The second-order valence-electron chi connectivity index (χ2n) is 12.1. The predicted octanol–water partition coefficient (Wildman–Crippen LogP) is 4.85. The van der Waals surface area contributed by atoms with Crippen molar-refractivity contribution in [1.29, 1.82) is 0 Å². The first-order valence-electron chi connectivity index (χ1n) is 16.6. The molecule has 6 N–H and O–H groups in total. The number of guanidine groups is 1. The zero-order chi connectivity index (χ0) is 34.1. The number of hydrogen-bond acceptors (Lipinski definition) is 5. The van der Waals surface area contributed by atoms with Crippen LogP contribution in [0.2, 0.25) is 0 Å². The summed E-state index contributed by atoms with van der Waals surface area (Å²) in [6, 6.07) is 32.2. The van der Waals surface area contributed by atoms with Crippen molar-refractivity contribution >= 4 is 34.5 Å². The lowest BCUT2D eigenvalue weighted by atomic mass is 9.92. The van der Waals surface area contributed by atoms with Crippen LogP contribution in [0.25, 0.3) is 10.8 Å². The van der Waals surface area contributed by atoms with Gasteiger partial charge in [-0.05, 0) is 66.0 Å². The lowest BCUT2D eigenvalue weighted by molar-refractivity contribution is -0.145. The fourth-order valence-electron chi connectivity index (χ4n) is 5.86. The summed E-state index contributed by atoms with van der Waals surface area (Å²) in [5.74, 6) is -1.62. The Bertz CT molecular complexity index is 1640. The summed E-state index contributed by atoms with van der Waals surface area (Å²) in [5, 5.41) is 7.99. The van der Waals surface area contributed by atoms with Crippen molar-refractivity contribution in [2.24, 2.45) is 22.4 Å². The zero-order valence-corrected chi connectivity index (χ0v) is 27.6. The summed E-state index contributed by atoms with van der Waals surface area (Å²) in [5.41, 5.74) is 14.2. The lowest BCUT2D eigenvalue weighted by Crippen LogP contribution is -2.53. The first-order valence-corrected chi connectivity index (χ1v) is 16.6. The molecule has 9 heteroatoms. The van der Waals surface area contributed by atoms with E-state index in [0.29, 0.717) is 25.8 Å². The topological polar surface area (TPSA) is 149 Å². The summed E-state index contributed by atoms with van der Waals surface area (Å²) < 4.78 is 5.06. The number of amides is 2. The van der Waals surface area contributed by atoms with E-state index >= 15 is 0 Å². The van der Waals surface area contributed by atoms with Crippen LogP contribution in [0.15, 0.2) is 108 Å². The number of fused-ring (bicyclic) bond motifs is 1. The fourth-order valence-corrected chi connectivity index (χ4v) is 5.86. The van der Waals surface area contributed by atoms with Gasteiger partial charge in [0.2, 0.25) is 11.8 Å². The van der Waals surface area contributed by atoms with Gasteiger partial charge in [-0.25, -0.2) is 4.79 Å². The number of hydrogen-bond donors (Lipinski definition) is 4. The molecule has 4 rings (SSSR count). The van der Waals surface area contributed by atoms with E-state index in [4.69, 9.17) is 16.2 Å². The molecule has 0 fully saturated rings. The average Bonchev–Trinajstić information content (AvgIpc) is 3.10. The summed E-state index contributed by atoms with van der Waals surface area (Å²) in [7, 11) is 1.29. The van der Waals surface area contributed by atoms with Crippen molar-refractivity contribution in [2.75, 3.05) is 13.7 Å². The van der Waals surface area contributed by atoms with E-state index in [9.17, 15) is 14.4 Å². The molecule has 0 aliphatic rings. The highest BCUT2D eigenvalue weighted by Gasteiger charge is 2.29. The molecule has 0 aromatic heterocycles. The molecule has 48 heavy (non-hydrogen) atoms. The van der Waals surface area contributed by atoms with Crippen molar-refractivity contribution < 1.29 is 19.1 Å². The minimum Gasteiger partial charge on any atom is -0.467 e. The van der Waals surface area contributed by atoms with Crippen LogP contribution in [0, 0.1) is 5.92 Å². The van der Waals surface area contributed by atoms with Crippen molar-refractivity contribution in [1.82, 2.24) is 10.6 Å². The summed E-state index contributed by atoms with van der Waals surface area (Å²) >= 11 is 0. The van der Waals surface area contributed by atoms with Crippen LogP contribution in [-0.2, 0) is 38.4 Å². The summed E-state index contributed by atoms with van der Waals surface area (Å²) in [6.45, 7) is 0.298. The Balaban J connectivity index is 1.48. The molecule has 4 aromatic carbocycles. The molecule has 0 radical (unpaired) electrons. The Labute approximate surface area is 283 Å². The number of nitrogens with two attached hydrogens (primary N) is 2. The molecule has 1 unspecified atom stereocenters. The first-order chi connectivity index (χ1) is 23.3. The summed E-state index contributed by atoms with van der Waals surface area (Å²) in [4.78, 5) is 44.7. The van der Waals surface area contributed by atoms with E-state index in [1.807, 2.05) is 91.0 Å². The molecule has 9 nitrogen and oxygen atoms in total. The van der Waals surface area contributed by atoms with Gasteiger partial charge in [-0.1, -0.05) is 110 Å². The van der Waals surface area contributed by atoms with Crippen LogP contribution in [-0.4, -0.2) is 49.5 Å². The Hall–Kier alpha value is -5.18. The Kier molecular flexibility index (Phi) is 14.0. The van der Waals surface area contributed by atoms with Crippen LogP contribution < -0.4 is 22.1 Å². The van der Waals surface area contributed by atoms with Gasteiger partial charge in [0.15, 0.2) is 5.96 Å². The number of methoxy groups -OCH3 is 1. The van der Waals surface area contributed by atoms with E-state index in [2.05, 4.69) is 27.8 Å². The monoisotopic (exact) mass is 649 g/mol. The minimum absolute atomic E-state index is 0.0420. The Morgan fingerprint density at radius 3 is 2.00 bits per heavy atom. The largest absolute Gasteiger partial charge is 0.467 e. The molecule has 0 spiro atoms. The summed E-state index contributed by atoms with van der Waals surface area (Å²) in [6.07, 6.45) is 4.92. The number of nitrogens with zero attached hydrogens (tertiary/aromatic N) is 1. The van der Waals surface area contributed by atoms with E-state index in [1.165, 1.54) is 12.7 Å². The van der Waals surface area contributed by atoms with Crippen molar-refractivity contribution in [3.8, 4) is 0 Å². The van der Waals surface area contributed by atoms with Crippen molar-refractivity contribution in [2.45, 2.75) is 63.5 Å². The molecule has 0 saturated heterocycles. The third-order valence-electron chi connectivity index (χ3n) is 8.44. The Morgan fingerprint density at radius 1 is 0.667 bits per heavy atom. The van der Waals surface area contributed by atoms with Crippen LogP contribution >= 0.6 is 0 Å². The SMILES string of the molecule is COC(=O)C(Cc1ccc2ccccc2c1)NC(=O)[C@@H](CCCN=C(N)N)NC(=O)[C@@H](CCCCc1ccccc1)Cc1ccccc1. The number of aliphatic imine (C=N–C) groups is 1. The molecule has 0 heterocycles. The maximum atomic E-state index is 13.9. The number of rotatable bonds is 18. The number of ether oxygens (including phenoxy) is 1. The molecule has 0 bridgehead atoms. The fraction of sp³-hybridized carbons (Fsp3) is 0.333. The van der Waals surface area contributed by atoms with Gasteiger partial charge < -0.3 is 26.8 Å². The molecular formula is C39H47N5O4. The predicted molar refractivity (Wildman–Crippen MR) is 191 cm³/mol. The molecule has 252 valence electrons. The average molecular weight is 650 g/mol. The molecule has 3 atom stereocenters. The Morgan fingerprint density at radius 2 is 1.31 bits per heavy atom. The lowest BCUT2D eigenvalue weighted by Gasteiger charge is -2.25. The van der Waals surface area contributed by atoms with E-state index in [0.717, 1.165) is 41.2 Å². The highest BCUT2D eigenvalue weighted by Crippen LogP contribution is 2.19. The van der Waals surface area contributed by atoms with E-state index < -0.39 is 24.0 Å². The van der Waals surface area contributed by atoms with Crippen LogP contribution in [0.3, 0.4) is 0 Å². The zero-order valence-electron chi connectivity index (χ0n) is 27.6. The van der Waals surface area contributed by atoms with Gasteiger partial charge in [0.1, 0.15) is 12.1 Å².